The first-order chi connectivity index (χ1) is 11.4. The molecule has 24 heavy (non-hydrogen) atoms. The van der Waals surface area contributed by atoms with Gasteiger partial charge in [-0.25, -0.2) is 0 Å². The Morgan fingerprint density at radius 2 is 1.79 bits per heavy atom. The summed E-state index contributed by atoms with van der Waals surface area (Å²) in [7, 11) is 1.65. The summed E-state index contributed by atoms with van der Waals surface area (Å²) < 4.78 is 11.2. The maximum atomic E-state index is 10.1. The third-order valence-corrected chi connectivity index (χ3v) is 3.71. The first-order valence-electron chi connectivity index (χ1n) is 8.20. The zero-order valence-electron chi connectivity index (χ0n) is 14.7. The zero-order valence-corrected chi connectivity index (χ0v) is 14.7. The summed E-state index contributed by atoms with van der Waals surface area (Å²) in [4.78, 5) is 0. The van der Waals surface area contributed by atoms with Crippen molar-refractivity contribution in [3.8, 4) is 5.75 Å². The van der Waals surface area contributed by atoms with E-state index in [9.17, 15) is 5.11 Å². The Kier molecular flexibility index (Phi) is 6.43. The molecule has 0 aliphatic rings. The van der Waals surface area contributed by atoms with Gasteiger partial charge in [0.25, 0.3) is 0 Å². The molecule has 0 amide bonds. The molecule has 0 unspecified atom stereocenters. The van der Waals surface area contributed by atoms with E-state index in [1.807, 2.05) is 56.3 Å². The molecule has 0 spiro atoms. The maximum absolute atomic E-state index is 10.1. The molecule has 0 aromatic heterocycles. The van der Waals surface area contributed by atoms with Gasteiger partial charge in [-0.15, -0.1) is 0 Å². The van der Waals surface area contributed by atoms with E-state index in [0.29, 0.717) is 19.6 Å². The van der Waals surface area contributed by atoms with Crippen molar-refractivity contribution in [3.63, 3.8) is 0 Å². The van der Waals surface area contributed by atoms with Crippen molar-refractivity contribution in [2.24, 2.45) is 5.73 Å². The fourth-order valence-electron chi connectivity index (χ4n) is 2.72. The van der Waals surface area contributed by atoms with Crippen molar-refractivity contribution in [2.75, 3.05) is 20.3 Å². The molecule has 2 aromatic carbocycles. The molecule has 4 nitrogen and oxygen atoms in total. The van der Waals surface area contributed by atoms with Crippen LogP contribution in [0.5, 0.6) is 5.75 Å². The average Bonchev–Trinajstić information content (AvgIpc) is 2.54. The molecular weight excluding hydrogens is 301 g/mol. The molecule has 5 heteroatoms. The Labute approximate surface area is 144 Å². The fraction of sp³-hybridized carbons (Fsp3) is 0.368. The van der Waals surface area contributed by atoms with Gasteiger partial charge in [-0.2, -0.15) is 0 Å². The molecule has 0 heterocycles. The number of rotatable bonds is 8. The molecule has 0 aliphatic heterocycles. The van der Waals surface area contributed by atoms with E-state index >= 15 is 0 Å². The second-order valence-electron chi connectivity index (χ2n) is 6.55. The number of hydrogen-bond acceptors (Lipinski definition) is 4. The minimum absolute atomic E-state index is 0.193. The van der Waals surface area contributed by atoms with E-state index in [1.165, 1.54) is 0 Å². The highest BCUT2D eigenvalue weighted by Gasteiger charge is 2.22. The van der Waals surface area contributed by atoms with Crippen LogP contribution in [0.1, 0.15) is 19.4 Å². The molecular formula is C19H26BNO3. The molecule has 2 rings (SSSR count). The Morgan fingerprint density at radius 3 is 2.38 bits per heavy atom. The average molecular weight is 327 g/mol. The van der Waals surface area contributed by atoms with Crippen molar-refractivity contribution in [3.05, 3.63) is 54.1 Å². The van der Waals surface area contributed by atoms with Crippen molar-refractivity contribution >= 4 is 17.8 Å². The molecule has 0 saturated heterocycles. The lowest BCUT2D eigenvalue weighted by Crippen LogP contribution is -2.46. The molecule has 0 saturated carbocycles. The highest BCUT2D eigenvalue weighted by atomic mass is 16.5. The predicted octanol–water partition coefficient (Wildman–Crippen LogP) is 1.09. The molecule has 0 aliphatic carbocycles. The Morgan fingerprint density at radius 1 is 1.08 bits per heavy atom. The number of methoxy groups -OCH3 is 1. The van der Waals surface area contributed by atoms with Crippen molar-refractivity contribution in [1.82, 2.24) is 0 Å². The first kappa shape index (κ1) is 18.5. The lowest BCUT2D eigenvalue weighted by Gasteiger charge is -2.19. The highest BCUT2D eigenvalue weighted by Crippen LogP contribution is 2.12. The van der Waals surface area contributed by atoms with Crippen LogP contribution in [0.25, 0.3) is 0 Å². The van der Waals surface area contributed by atoms with Crippen LogP contribution in [0.15, 0.2) is 48.5 Å². The Bertz CT molecular complexity index is 638. The third-order valence-electron chi connectivity index (χ3n) is 3.71. The van der Waals surface area contributed by atoms with Crippen LogP contribution in [0.3, 0.4) is 0 Å². The van der Waals surface area contributed by atoms with Crippen molar-refractivity contribution in [2.45, 2.75) is 25.9 Å². The largest absolute Gasteiger partial charge is 0.497 e. The number of benzene rings is 2. The molecule has 128 valence electrons. The van der Waals surface area contributed by atoms with Crippen LogP contribution in [0.4, 0.5) is 0 Å². The molecule has 2 aromatic rings. The van der Waals surface area contributed by atoms with Gasteiger partial charge >= 0.3 is 6.92 Å². The number of hydrogen-bond donors (Lipinski definition) is 2. The van der Waals surface area contributed by atoms with E-state index in [2.05, 4.69) is 6.07 Å². The van der Waals surface area contributed by atoms with E-state index in [0.717, 1.165) is 22.2 Å². The summed E-state index contributed by atoms with van der Waals surface area (Å²) in [6.07, 6.45) is 0.590. The van der Waals surface area contributed by atoms with E-state index < -0.39 is 5.60 Å². The van der Waals surface area contributed by atoms with Gasteiger partial charge in [0.1, 0.15) is 5.75 Å². The van der Waals surface area contributed by atoms with Gasteiger partial charge in [-0.05, 0) is 42.5 Å². The van der Waals surface area contributed by atoms with Crippen LogP contribution in [-0.2, 0) is 11.1 Å². The van der Waals surface area contributed by atoms with Gasteiger partial charge < -0.3 is 20.2 Å². The highest BCUT2D eigenvalue weighted by molar-refractivity contribution is 6.80. The molecule has 3 N–H and O–H groups in total. The maximum Gasteiger partial charge on any atom is 0.361 e. The topological polar surface area (TPSA) is 64.7 Å². The summed E-state index contributed by atoms with van der Waals surface area (Å²) in [6.45, 7) is 4.38. The van der Waals surface area contributed by atoms with Crippen LogP contribution in [0, 0.1) is 0 Å². The van der Waals surface area contributed by atoms with Gasteiger partial charge in [0.2, 0.25) is 0 Å². The van der Waals surface area contributed by atoms with Crippen LogP contribution in [0.2, 0.25) is 0 Å². The van der Waals surface area contributed by atoms with Gasteiger partial charge in [-0.1, -0.05) is 36.4 Å². The summed E-state index contributed by atoms with van der Waals surface area (Å²) in [6, 6.07) is 16.0. The Balaban J connectivity index is 2.31. The molecule has 0 radical (unpaired) electrons. The van der Waals surface area contributed by atoms with Gasteiger partial charge in [0.05, 0.1) is 12.7 Å². The van der Waals surface area contributed by atoms with Gasteiger partial charge in [0.15, 0.2) is 0 Å². The minimum Gasteiger partial charge on any atom is -0.497 e. The molecule has 0 bridgehead atoms. The summed E-state index contributed by atoms with van der Waals surface area (Å²) >= 11 is 0. The Hall–Kier alpha value is -1.82. The quantitative estimate of drug-likeness (QED) is 0.713. The van der Waals surface area contributed by atoms with Crippen molar-refractivity contribution < 1.29 is 14.5 Å². The first-order valence-corrected chi connectivity index (χ1v) is 8.20. The lowest BCUT2D eigenvalue weighted by molar-refractivity contribution is 0.0810. The van der Waals surface area contributed by atoms with E-state index in [-0.39, 0.29) is 6.92 Å². The van der Waals surface area contributed by atoms with E-state index in [4.69, 9.17) is 15.1 Å². The lowest BCUT2D eigenvalue weighted by atomic mass is 9.55. The standard InChI is InChI=1S/C19H26BNO3/c1-19(2,22)14-15-5-4-6-17(13-15)20(24-12-11-21)16-7-9-18(23-3)10-8-16/h4-10,13,22H,11-12,14,21H2,1-3H3. The van der Waals surface area contributed by atoms with Crippen molar-refractivity contribution in [1.29, 1.82) is 0 Å². The van der Waals surface area contributed by atoms with Gasteiger partial charge in [0, 0.05) is 19.6 Å². The second-order valence-corrected chi connectivity index (χ2v) is 6.55. The number of aliphatic hydroxyl groups is 1. The van der Waals surface area contributed by atoms with E-state index in [1.54, 1.807) is 7.11 Å². The van der Waals surface area contributed by atoms with Crippen LogP contribution in [-0.4, -0.2) is 37.9 Å². The number of ether oxygens (including phenoxy) is 1. The minimum atomic E-state index is -0.744. The predicted molar refractivity (Wildman–Crippen MR) is 99.5 cm³/mol. The fourth-order valence-corrected chi connectivity index (χ4v) is 2.72. The number of nitrogens with two attached hydrogens (primary N) is 1. The van der Waals surface area contributed by atoms with Crippen LogP contribution < -0.4 is 21.4 Å². The second kappa shape index (κ2) is 8.33. The molecule has 0 atom stereocenters. The zero-order chi connectivity index (χ0) is 17.6. The van der Waals surface area contributed by atoms with Crippen LogP contribution >= 0.6 is 0 Å². The third kappa shape index (κ3) is 5.37. The molecule has 0 fully saturated rings. The monoisotopic (exact) mass is 327 g/mol. The summed E-state index contributed by atoms with van der Waals surface area (Å²) in [5, 5.41) is 10.1. The van der Waals surface area contributed by atoms with Gasteiger partial charge in [-0.3, -0.25) is 0 Å². The smallest absolute Gasteiger partial charge is 0.361 e. The summed E-state index contributed by atoms with van der Waals surface area (Å²) in [5.74, 6) is 0.812. The SMILES string of the molecule is COc1ccc(B(OCCN)c2cccc(CC(C)(C)O)c2)cc1. The summed E-state index contributed by atoms with van der Waals surface area (Å²) in [5.41, 5.74) is 8.05. The normalized spacial score (nSPS) is 11.4.